The van der Waals surface area contributed by atoms with Gasteiger partial charge in [0.1, 0.15) is 5.75 Å². The largest absolute Gasteiger partial charge is 0.455 e. The molecule has 5 nitrogen and oxygen atoms in total. The summed E-state index contributed by atoms with van der Waals surface area (Å²) in [6, 6.07) is 69.4. The number of ether oxygens (including phenoxy) is 1. The standard InChI is InChI=1S/C60H48N4O/c1-41-29-38-53-52(39-41)58-51(48-21-11-6-12-22-48)24-15-26-55(58)64(53)54-25-13-14-27-57(54)65-56-28-16-23-50(42(56)2)60(62-40-43-30-32-46(33-31-43)44-17-7-4-8-18-44)63-59(61-3)49-36-34-47(35-37-49)45-19-9-5-10-20-45/h4-38,41H,3,39-40H2,1-2H3/b62-60-,63-59-. The quantitative estimate of drug-likeness (QED) is 0.0999. The summed E-state index contributed by atoms with van der Waals surface area (Å²) in [5.74, 6) is 2.92. The summed E-state index contributed by atoms with van der Waals surface area (Å²) in [6.45, 7) is 8.75. The average Bonchev–Trinajstić information content (AvgIpc) is 3.69. The van der Waals surface area contributed by atoms with Gasteiger partial charge in [-0.15, -0.1) is 0 Å². The second-order valence-electron chi connectivity index (χ2n) is 16.5. The van der Waals surface area contributed by atoms with Crippen LogP contribution in [0, 0.1) is 12.8 Å². The van der Waals surface area contributed by atoms with Gasteiger partial charge in [0.15, 0.2) is 17.4 Å². The maximum atomic E-state index is 7.04. The zero-order valence-corrected chi connectivity index (χ0v) is 36.6. The third-order valence-corrected chi connectivity index (χ3v) is 12.3. The molecule has 1 heterocycles. The topological polar surface area (TPSA) is 51.2 Å². The molecule has 0 radical (unpaired) electrons. The van der Waals surface area contributed by atoms with Crippen LogP contribution in [0.1, 0.15) is 40.4 Å². The average molecular weight is 841 g/mol. The molecule has 65 heavy (non-hydrogen) atoms. The van der Waals surface area contributed by atoms with E-state index in [1.54, 1.807) is 0 Å². The highest BCUT2D eigenvalue weighted by Gasteiger charge is 2.25. The second kappa shape index (κ2) is 18.3. The van der Waals surface area contributed by atoms with Crippen molar-refractivity contribution >= 4 is 35.4 Å². The number of aliphatic imine (C=N–C) groups is 3. The normalized spacial score (nSPS) is 13.7. The Labute approximate surface area is 381 Å². The van der Waals surface area contributed by atoms with Gasteiger partial charge in [0.05, 0.1) is 17.7 Å². The predicted octanol–water partition coefficient (Wildman–Crippen LogP) is 15.0. The monoisotopic (exact) mass is 840 g/mol. The molecule has 1 unspecified atom stereocenters. The molecule has 9 aromatic rings. The summed E-state index contributed by atoms with van der Waals surface area (Å²) in [6.07, 6.45) is 5.57. The highest BCUT2D eigenvalue weighted by molar-refractivity contribution is 6.13. The van der Waals surface area contributed by atoms with E-state index in [1.807, 2.05) is 54.6 Å². The fraction of sp³-hybridized carbons (Fsp3) is 0.0833. The van der Waals surface area contributed by atoms with Crippen LogP contribution in [0.5, 0.6) is 11.5 Å². The van der Waals surface area contributed by atoms with Crippen molar-refractivity contribution in [1.29, 1.82) is 0 Å². The van der Waals surface area contributed by atoms with Crippen molar-refractivity contribution in [2.45, 2.75) is 26.8 Å². The Morgan fingerprint density at radius 1 is 0.600 bits per heavy atom. The molecule has 1 aliphatic carbocycles. The number of para-hydroxylation sites is 2. The molecule has 5 heteroatoms. The summed E-state index contributed by atoms with van der Waals surface area (Å²) in [5.41, 5.74) is 15.4. The lowest BCUT2D eigenvalue weighted by Gasteiger charge is -2.19. The first kappa shape index (κ1) is 40.9. The number of hydrogen-bond acceptors (Lipinski definition) is 2. The number of rotatable bonds is 10. The van der Waals surface area contributed by atoms with Gasteiger partial charge in [-0.3, -0.25) is 4.99 Å². The molecule has 8 aromatic carbocycles. The molecule has 0 spiro atoms. The van der Waals surface area contributed by atoms with E-state index in [-0.39, 0.29) is 0 Å². The van der Waals surface area contributed by atoms with Crippen LogP contribution in [0.4, 0.5) is 0 Å². The minimum absolute atomic E-state index is 0.418. The van der Waals surface area contributed by atoms with Gasteiger partial charge in [-0.05, 0) is 101 Å². The van der Waals surface area contributed by atoms with Gasteiger partial charge >= 0.3 is 0 Å². The van der Waals surface area contributed by atoms with E-state index in [0.29, 0.717) is 29.9 Å². The highest BCUT2D eigenvalue weighted by Crippen LogP contribution is 2.43. The Bertz CT molecular complexity index is 3240. The van der Waals surface area contributed by atoms with E-state index in [2.05, 4.69) is 188 Å². The zero-order valence-electron chi connectivity index (χ0n) is 36.6. The van der Waals surface area contributed by atoms with Crippen LogP contribution in [0.15, 0.2) is 221 Å². The fourth-order valence-electron chi connectivity index (χ4n) is 8.91. The van der Waals surface area contributed by atoms with Crippen molar-refractivity contribution in [2.75, 3.05) is 0 Å². The van der Waals surface area contributed by atoms with Crippen molar-refractivity contribution in [3.8, 4) is 50.6 Å². The molecule has 314 valence electrons. The van der Waals surface area contributed by atoms with Gasteiger partial charge in [0, 0.05) is 27.8 Å². The first-order chi connectivity index (χ1) is 32.0. The molecule has 1 atom stereocenters. The Morgan fingerprint density at radius 3 is 1.86 bits per heavy atom. The van der Waals surface area contributed by atoms with Crippen molar-refractivity contribution in [3.63, 3.8) is 0 Å². The summed E-state index contributed by atoms with van der Waals surface area (Å²) in [4.78, 5) is 14.8. The van der Waals surface area contributed by atoms with Gasteiger partial charge in [0.2, 0.25) is 0 Å². The summed E-state index contributed by atoms with van der Waals surface area (Å²) >= 11 is 0. The summed E-state index contributed by atoms with van der Waals surface area (Å²) in [7, 11) is 0. The molecule has 0 amide bonds. The molecule has 1 aliphatic rings. The maximum absolute atomic E-state index is 7.04. The smallest absolute Gasteiger partial charge is 0.161 e. The van der Waals surface area contributed by atoms with Crippen LogP contribution in [0.25, 0.3) is 56.0 Å². The highest BCUT2D eigenvalue weighted by atomic mass is 16.5. The molecule has 0 N–H and O–H groups in total. The lowest BCUT2D eigenvalue weighted by molar-refractivity contribution is 0.476. The van der Waals surface area contributed by atoms with Crippen molar-refractivity contribution in [2.24, 2.45) is 20.9 Å². The molecule has 0 saturated carbocycles. The Balaban J connectivity index is 1.04. The van der Waals surface area contributed by atoms with Gasteiger partial charge in [0.25, 0.3) is 0 Å². The lowest BCUT2D eigenvalue weighted by atomic mass is 9.90. The predicted molar refractivity (Wildman–Crippen MR) is 272 cm³/mol. The minimum Gasteiger partial charge on any atom is -0.455 e. The van der Waals surface area contributed by atoms with Gasteiger partial charge in [-0.1, -0.05) is 189 Å². The van der Waals surface area contributed by atoms with E-state index < -0.39 is 0 Å². The molecule has 0 aliphatic heterocycles. The number of aromatic nitrogens is 1. The van der Waals surface area contributed by atoms with Crippen LogP contribution >= 0.6 is 0 Å². The van der Waals surface area contributed by atoms with Crippen molar-refractivity contribution < 1.29 is 4.74 Å². The van der Waals surface area contributed by atoms with Crippen molar-refractivity contribution in [3.05, 3.63) is 240 Å². The lowest BCUT2D eigenvalue weighted by Crippen LogP contribution is -2.08. The molecule has 0 bridgehead atoms. The Morgan fingerprint density at radius 2 is 1.18 bits per heavy atom. The van der Waals surface area contributed by atoms with Crippen LogP contribution in [0.2, 0.25) is 0 Å². The molecule has 0 saturated heterocycles. The number of amidine groups is 2. The first-order valence-electron chi connectivity index (χ1n) is 22.2. The third-order valence-electron chi connectivity index (χ3n) is 12.3. The number of nitrogens with zero attached hydrogens (tertiary/aromatic N) is 4. The number of fused-ring (bicyclic) bond motifs is 3. The Hall–Kier alpha value is -8.15. The van der Waals surface area contributed by atoms with E-state index in [1.165, 1.54) is 33.3 Å². The minimum atomic E-state index is 0.418. The molecule has 0 fully saturated rings. The number of hydrogen-bond donors (Lipinski definition) is 0. The molecule has 1 aromatic heterocycles. The molecular formula is C60H48N4O. The second-order valence-corrected chi connectivity index (χ2v) is 16.5. The van der Waals surface area contributed by atoms with Crippen LogP contribution in [0.3, 0.4) is 0 Å². The van der Waals surface area contributed by atoms with Gasteiger partial charge in [-0.2, -0.15) is 0 Å². The summed E-state index contributed by atoms with van der Waals surface area (Å²) in [5, 5.41) is 1.28. The molecule has 10 rings (SSSR count). The fourth-order valence-corrected chi connectivity index (χ4v) is 8.91. The Kier molecular flexibility index (Phi) is 11.5. The summed E-state index contributed by atoms with van der Waals surface area (Å²) < 4.78 is 9.41. The number of allylic oxidation sites excluding steroid dienone is 1. The van der Waals surface area contributed by atoms with E-state index in [4.69, 9.17) is 14.7 Å². The van der Waals surface area contributed by atoms with E-state index >= 15 is 0 Å². The van der Waals surface area contributed by atoms with Crippen LogP contribution in [-0.4, -0.2) is 23.0 Å². The maximum Gasteiger partial charge on any atom is 0.161 e. The van der Waals surface area contributed by atoms with E-state index in [9.17, 15) is 0 Å². The third kappa shape index (κ3) is 8.40. The van der Waals surface area contributed by atoms with Gasteiger partial charge < -0.3 is 9.30 Å². The first-order valence-corrected chi connectivity index (χ1v) is 22.2. The van der Waals surface area contributed by atoms with Crippen LogP contribution in [-0.2, 0) is 13.0 Å². The molecular weight excluding hydrogens is 793 g/mol. The van der Waals surface area contributed by atoms with E-state index in [0.717, 1.165) is 62.3 Å². The van der Waals surface area contributed by atoms with Crippen molar-refractivity contribution in [1.82, 2.24) is 4.57 Å². The van der Waals surface area contributed by atoms with Gasteiger partial charge in [-0.25, -0.2) is 9.98 Å². The number of benzene rings is 8. The zero-order chi connectivity index (χ0) is 44.1. The van der Waals surface area contributed by atoms with Crippen LogP contribution < -0.4 is 4.74 Å². The SMILES string of the molecule is C=N/C(=N\C(=N/Cc1ccc(-c2ccccc2)cc1)c1cccc(Oc2ccccc2-n2c3c(c4c(-c5ccccc5)cccc42)CC(C)C=C3)c1C)c1ccc(-c2ccccc2)cc1.